The maximum atomic E-state index is 9.88. The molecule has 1 atom stereocenters. The highest BCUT2D eigenvalue weighted by Crippen LogP contribution is 2.16. The number of halogens is 1. The van der Waals surface area contributed by atoms with E-state index in [1.165, 1.54) is 0 Å². The van der Waals surface area contributed by atoms with Gasteiger partial charge in [0.05, 0.1) is 12.6 Å². The molecule has 15 heavy (non-hydrogen) atoms. The number of pyridine rings is 1. The molecule has 0 radical (unpaired) electrons. The first kappa shape index (κ1) is 10.1. The normalized spacial score (nSPS) is 12.7. The van der Waals surface area contributed by atoms with Crippen molar-refractivity contribution >= 4 is 11.6 Å². The van der Waals surface area contributed by atoms with E-state index in [0.29, 0.717) is 11.8 Å². The molecular weight excluding hydrogens is 214 g/mol. The van der Waals surface area contributed by atoms with Crippen molar-refractivity contribution < 1.29 is 5.11 Å². The van der Waals surface area contributed by atoms with Crippen molar-refractivity contribution in [2.45, 2.75) is 12.6 Å². The quantitative estimate of drug-likeness (QED) is 0.861. The summed E-state index contributed by atoms with van der Waals surface area (Å²) in [7, 11) is 0. The van der Waals surface area contributed by atoms with Crippen LogP contribution in [0.15, 0.2) is 36.9 Å². The van der Waals surface area contributed by atoms with Crippen LogP contribution in [0.1, 0.15) is 11.7 Å². The zero-order valence-corrected chi connectivity index (χ0v) is 8.67. The zero-order chi connectivity index (χ0) is 10.7. The van der Waals surface area contributed by atoms with Crippen LogP contribution in [0.3, 0.4) is 0 Å². The Bertz CT molecular complexity index is 429. The van der Waals surface area contributed by atoms with Crippen molar-refractivity contribution in [3.05, 3.63) is 47.8 Å². The van der Waals surface area contributed by atoms with Crippen LogP contribution >= 0.6 is 11.6 Å². The first-order chi connectivity index (χ1) is 7.27. The smallest absolute Gasteiger partial charge is 0.202 e. The molecule has 0 unspecified atom stereocenters. The summed E-state index contributed by atoms with van der Waals surface area (Å²) in [6, 6.07) is 3.55. The van der Waals surface area contributed by atoms with Crippen LogP contribution in [-0.2, 0) is 6.54 Å². The Morgan fingerprint density at radius 3 is 2.67 bits per heavy atom. The van der Waals surface area contributed by atoms with Crippen molar-refractivity contribution in [1.29, 1.82) is 0 Å². The molecule has 0 amide bonds. The van der Waals surface area contributed by atoms with Crippen LogP contribution in [0.5, 0.6) is 0 Å². The second kappa shape index (κ2) is 4.42. The Labute approximate surface area is 92.2 Å². The summed E-state index contributed by atoms with van der Waals surface area (Å²) >= 11 is 5.80. The van der Waals surface area contributed by atoms with E-state index in [1.807, 2.05) is 0 Å². The van der Waals surface area contributed by atoms with Gasteiger partial charge in [-0.1, -0.05) is 0 Å². The molecule has 0 saturated heterocycles. The predicted octanol–water partition coefficient (Wildman–Crippen LogP) is 1.67. The molecule has 5 heteroatoms. The number of hydrogen-bond acceptors (Lipinski definition) is 3. The lowest BCUT2D eigenvalue weighted by Gasteiger charge is -2.11. The van der Waals surface area contributed by atoms with E-state index in [-0.39, 0.29) is 0 Å². The van der Waals surface area contributed by atoms with Gasteiger partial charge >= 0.3 is 0 Å². The SMILES string of the molecule is O[C@H](Cn1ccnc1Cl)c1ccncc1. The zero-order valence-electron chi connectivity index (χ0n) is 7.92. The van der Waals surface area contributed by atoms with Crippen LogP contribution in [0.2, 0.25) is 5.28 Å². The van der Waals surface area contributed by atoms with Crippen LogP contribution in [0.25, 0.3) is 0 Å². The molecule has 1 N–H and O–H groups in total. The highest BCUT2D eigenvalue weighted by molar-refractivity contribution is 6.28. The highest BCUT2D eigenvalue weighted by atomic mass is 35.5. The summed E-state index contributed by atoms with van der Waals surface area (Å²) in [5.74, 6) is 0. The molecule has 0 aromatic carbocycles. The van der Waals surface area contributed by atoms with Crippen LogP contribution < -0.4 is 0 Å². The van der Waals surface area contributed by atoms with Crippen molar-refractivity contribution in [1.82, 2.24) is 14.5 Å². The molecular formula is C10H10ClN3O. The molecule has 0 aliphatic heterocycles. The van der Waals surface area contributed by atoms with Gasteiger partial charge in [-0.2, -0.15) is 0 Å². The summed E-state index contributed by atoms with van der Waals surface area (Å²) in [5, 5.41) is 10.3. The minimum Gasteiger partial charge on any atom is -0.387 e. The lowest BCUT2D eigenvalue weighted by Crippen LogP contribution is -2.08. The number of imidazole rings is 1. The van der Waals surface area contributed by atoms with Gasteiger partial charge < -0.3 is 9.67 Å². The minimum atomic E-state index is -0.598. The molecule has 2 rings (SSSR count). The topological polar surface area (TPSA) is 50.9 Å². The molecule has 0 aliphatic carbocycles. The Kier molecular flexibility index (Phi) is 2.99. The van der Waals surface area contributed by atoms with Gasteiger partial charge in [0.25, 0.3) is 0 Å². The predicted molar refractivity (Wildman–Crippen MR) is 56.4 cm³/mol. The van der Waals surface area contributed by atoms with Crippen molar-refractivity contribution in [2.24, 2.45) is 0 Å². The summed E-state index contributed by atoms with van der Waals surface area (Å²) in [5.41, 5.74) is 0.815. The van der Waals surface area contributed by atoms with Crippen LogP contribution in [-0.4, -0.2) is 19.6 Å². The minimum absolute atomic E-state index is 0.378. The van der Waals surface area contributed by atoms with Gasteiger partial charge in [0.15, 0.2) is 0 Å². The van der Waals surface area contributed by atoms with E-state index in [0.717, 1.165) is 5.56 Å². The van der Waals surface area contributed by atoms with E-state index < -0.39 is 6.10 Å². The van der Waals surface area contributed by atoms with Crippen molar-refractivity contribution in [3.63, 3.8) is 0 Å². The molecule has 2 aromatic rings. The first-order valence-electron chi connectivity index (χ1n) is 4.52. The third-order valence-electron chi connectivity index (χ3n) is 2.13. The summed E-state index contributed by atoms with van der Waals surface area (Å²) < 4.78 is 1.69. The Morgan fingerprint density at radius 1 is 1.33 bits per heavy atom. The van der Waals surface area contributed by atoms with E-state index in [2.05, 4.69) is 9.97 Å². The van der Waals surface area contributed by atoms with Gasteiger partial charge in [-0.3, -0.25) is 4.98 Å². The molecule has 4 nitrogen and oxygen atoms in total. The van der Waals surface area contributed by atoms with E-state index >= 15 is 0 Å². The number of rotatable bonds is 3. The maximum absolute atomic E-state index is 9.88. The molecule has 0 bridgehead atoms. The van der Waals surface area contributed by atoms with E-state index in [1.54, 1.807) is 41.5 Å². The average molecular weight is 224 g/mol. The van der Waals surface area contributed by atoms with Gasteiger partial charge in [0.1, 0.15) is 0 Å². The second-order valence-corrected chi connectivity index (χ2v) is 3.48. The molecule has 2 heterocycles. The third kappa shape index (κ3) is 2.34. The fourth-order valence-corrected chi connectivity index (χ4v) is 1.51. The van der Waals surface area contributed by atoms with Crippen molar-refractivity contribution in [3.8, 4) is 0 Å². The van der Waals surface area contributed by atoms with Gasteiger partial charge in [-0.25, -0.2) is 4.98 Å². The van der Waals surface area contributed by atoms with E-state index in [9.17, 15) is 5.11 Å². The molecule has 0 spiro atoms. The number of aliphatic hydroxyl groups excluding tert-OH is 1. The number of aromatic nitrogens is 3. The van der Waals surface area contributed by atoms with Crippen molar-refractivity contribution in [2.75, 3.05) is 0 Å². The molecule has 2 aromatic heterocycles. The van der Waals surface area contributed by atoms with Gasteiger partial charge in [-0.15, -0.1) is 0 Å². The standard InChI is InChI=1S/C10H10ClN3O/c11-10-13-5-6-14(10)7-9(15)8-1-3-12-4-2-8/h1-6,9,15H,7H2/t9-/m1/s1. The molecule has 78 valence electrons. The molecule has 0 aliphatic rings. The summed E-state index contributed by atoms with van der Waals surface area (Å²) in [6.07, 6.45) is 6.02. The first-order valence-corrected chi connectivity index (χ1v) is 4.90. The van der Waals surface area contributed by atoms with Gasteiger partial charge in [-0.05, 0) is 29.3 Å². The Balaban J connectivity index is 2.11. The Morgan fingerprint density at radius 2 is 2.07 bits per heavy atom. The van der Waals surface area contributed by atoms with Gasteiger partial charge in [0, 0.05) is 24.8 Å². The van der Waals surface area contributed by atoms with Gasteiger partial charge in [0.2, 0.25) is 5.28 Å². The maximum Gasteiger partial charge on any atom is 0.202 e. The lowest BCUT2D eigenvalue weighted by molar-refractivity contribution is 0.156. The highest BCUT2D eigenvalue weighted by Gasteiger charge is 2.09. The van der Waals surface area contributed by atoms with Crippen LogP contribution in [0.4, 0.5) is 0 Å². The van der Waals surface area contributed by atoms with E-state index in [4.69, 9.17) is 11.6 Å². The molecule has 0 saturated carbocycles. The summed E-state index contributed by atoms with van der Waals surface area (Å²) in [6.45, 7) is 0.392. The largest absolute Gasteiger partial charge is 0.387 e. The Hall–Kier alpha value is -1.39. The van der Waals surface area contributed by atoms with Crippen LogP contribution in [0, 0.1) is 0 Å². The number of hydrogen-bond donors (Lipinski definition) is 1. The monoisotopic (exact) mass is 223 g/mol. The lowest BCUT2D eigenvalue weighted by atomic mass is 10.1. The second-order valence-electron chi connectivity index (χ2n) is 3.14. The number of nitrogens with zero attached hydrogens (tertiary/aromatic N) is 3. The third-order valence-corrected chi connectivity index (χ3v) is 2.44. The summed E-state index contributed by atoms with van der Waals surface area (Å²) in [4.78, 5) is 7.75. The number of aliphatic hydroxyl groups is 1. The fraction of sp³-hybridized carbons (Fsp3) is 0.200. The fourth-order valence-electron chi connectivity index (χ4n) is 1.32. The molecule has 0 fully saturated rings. The average Bonchev–Trinajstić information content (AvgIpc) is 2.66.